The number of rotatable bonds is 6. The summed E-state index contributed by atoms with van der Waals surface area (Å²) in [5.74, 6) is -5.61. The fourth-order valence-electron chi connectivity index (χ4n) is 2.07. The standard InChI is InChI=1S/C16H13BrF3NO4/c17-9-2-1-8(11(18)3-9)6-21-16(24)10-4-12(19)13(20)5-14(10)25-7-15(22)23/h1-2,4-5,9H,3,6-7H2,(H,21,24)(H,22,23). The first-order valence-electron chi connectivity index (χ1n) is 7.09. The van der Waals surface area contributed by atoms with E-state index in [0.717, 1.165) is 0 Å². The molecule has 0 heterocycles. The molecular formula is C16H13BrF3NO4. The molecular weight excluding hydrogens is 407 g/mol. The Kier molecular flexibility index (Phi) is 6.24. The van der Waals surface area contributed by atoms with E-state index in [-0.39, 0.29) is 28.9 Å². The van der Waals surface area contributed by atoms with Crippen molar-refractivity contribution in [3.8, 4) is 5.75 Å². The van der Waals surface area contributed by atoms with E-state index in [9.17, 15) is 22.8 Å². The normalized spacial score (nSPS) is 16.7. The van der Waals surface area contributed by atoms with E-state index >= 15 is 0 Å². The molecule has 0 spiro atoms. The highest BCUT2D eigenvalue weighted by Crippen LogP contribution is 2.25. The van der Waals surface area contributed by atoms with Crippen molar-refractivity contribution in [2.45, 2.75) is 11.2 Å². The maximum Gasteiger partial charge on any atom is 0.341 e. The Labute approximate surface area is 149 Å². The van der Waals surface area contributed by atoms with Crippen LogP contribution in [-0.2, 0) is 4.79 Å². The van der Waals surface area contributed by atoms with E-state index in [1.165, 1.54) is 6.08 Å². The van der Waals surface area contributed by atoms with Crippen molar-refractivity contribution >= 4 is 27.8 Å². The lowest BCUT2D eigenvalue weighted by Gasteiger charge is -2.15. The molecule has 1 aliphatic carbocycles. The van der Waals surface area contributed by atoms with E-state index in [1.54, 1.807) is 6.08 Å². The predicted molar refractivity (Wildman–Crippen MR) is 86.4 cm³/mol. The highest BCUT2D eigenvalue weighted by Gasteiger charge is 2.20. The Balaban J connectivity index is 2.15. The number of halogens is 4. The Morgan fingerprint density at radius 1 is 1.28 bits per heavy atom. The molecule has 1 amide bonds. The molecule has 2 N–H and O–H groups in total. The van der Waals surface area contributed by atoms with Crippen LogP contribution in [-0.4, -0.2) is 35.0 Å². The summed E-state index contributed by atoms with van der Waals surface area (Å²) in [4.78, 5) is 22.6. The number of benzene rings is 1. The zero-order chi connectivity index (χ0) is 18.6. The summed E-state index contributed by atoms with van der Waals surface area (Å²) >= 11 is 3.24. The Morgan fingerprint density at radius 3 is 2.60 bits per heavy atom. The molecule has 1 aliphatic rings. The number of carboxylic acids is 1. The average Bonchev–Trinajstić information content (AvgIpc) is 2.54. The van der Waals surface area contributed by atoms with Crippen molar-refractivity contribution in [3.63, 3.8) is 0 Å². The summed E-state index contributed by atoms with van der Waals surface area (Å²) < 4.78 is 45.3. The van der Waals surface area contributed by atoms with Gasteiger partial charge in [-0.05, 0) is 6.07 Å². The lowest BCUT2D eigenvalue weighted by Crippen LogP contribution is -2.27. The fourth-order valence-corrected chi connectivity index (χ4v) is 2.51. The second-order valence-corrected chi connectivity index (χ2v) is 6.31. The molecule has 5 nitrogen and oxygen atoms in total. The topological polar surface area (TPSA) is 75.6 Å². The van der Waals surface area contributed by atoms with Gasteiger partial charge in [-0.2, -0.15) is 0 Å². The van der Waals surface area contributed by atoms with Crippen molar-refractivity contribution in [2.75, 3.05) is 13.2 Å². The molecule has 134 valence electrons. The molecule has 0 saturated carbocycles. The molecule has 0 aliphatic heterocycles. The van der Waals surface area contributed by atoms with Crippen LogP contribution in [0.1, 0.15) is 16.8 Å². The van der Waals surface area contributed by atoms with Gasteiger partial charge in [-0.15, -0.1) is 0 Å². The maximum atomic E-state index is 13.8. The van der Waals surface area contributed by atoms with Gasteiger partial charge in [0, 0.05) is 29.4 Å². The number of hydrogen-bond donors (Lipinski definition) is 2. The van der Waals surface area contributed by atoms with Crippen molar-refractivity contribution in [1.29, 1.82) is 0 Å². The number of amides is 1. The highest BCUT2D eigenvalue weighted by atomic mass is 79.9. The van der Waals surface area contributed by atoms with Crippen LogP contribution in [0.15, 0.2) is 35.7 Å². The molecule has 0 radical (unpaired) electrons. The second kappa shape index (κ2) is 8.19. The molecule has 0 fully saturated rings. The van der Waals surface area contributed by atoms with Gasteiger partial charge in [0.25, 0.3) is 5.91 Å². The third-order valence-corrected chi connectivity index (χ3v) is 3.92. The molecule has 9 heteroatoms. The number of carboxylic acid groups (broad SMARTS) is 1. The summed E-state index contributed by atoms with van der Waals surface area (Å²) in [5.41, 5.74) is -0.140. The van der Waals surface area contributed by atoms with Gasteiger partial charge in [-0.25, -0.2) is 18.0 Å². The van der Waals surface area contributed by atoms with Crippen LogP contribution < -0.4 is 10.1 Å². The molecule has 1 unspecified atom stereocenters. The smallest absolute Gasteiger partial charge is 0.341 e. The Morgan fingerprint density at radius 2 is 1.96 bits per heavy atom. The van der Waals surface area contributed by atoms with Crippen LogP contribution >= 0.6 is 15.9 Å². The number of carbonyl (C=O) groups excluding carboxylic acids is 1. The zero-order valence-corrected chi connectivity index (χ0v) is 14.3. The average molecular weight is 420 g/mol. The summed E-state index contributed by atoms with van der Waals surface area (Å²) in [6.07, 6.45) is 3.36. The monoisotopic (exact) mass is 419 g/mol. The molecule has 2 rings (SSSR count). The van der Waals surface area contributed by atoms with Gasteiger partial charge in [-0.3, -0.25) is 4.79 Å². The highest BCUT2D eigenvalue weighted by molar-refractivity contribution is 9.09. The van der Waals surface area contributed by atoms with Gasteiger partial charge in [0.05, 0.1) is 5.56 Å². The van der Waals surface area contributed by atoms with Gasteiger partial charge in [-0.1, -0.05) is 28.1 Å². The zero-order valence-electron chi connectivity index (χ0n) is 12.7. The third-order valence-electron chi connectivity index (χ3n) is 3.29. The van der Waals surface area contributed by atoms with Crippen molar-refractivity contribution in [3.05, 3.63) is 52.9 Å². The first kappa shape index (κ1) is 19.0. The lowest BCUT2D eigenvalue weighted by molar-refractivity contribution is -0.139. The van der Waals surface area contributed by atoms with E-state index < -0.39 is 41.7 Å². The number of ether oxygens (including phenoxy) is 1. The molecule has 0 aromatic heterocycles. The lowest BCUT2D eigenvalue weighted by atomic mass is 10.1. The quantitative estimate of drug-likeness (QED) is 0.694. The van der Waals surface area contributed by atoms with Gasteiger partial charge >= 0.3 is 5.97 Å². The third kappa shape index (κ3) is 5.09. The molecule has 0 bridgehead atoms. The predicted octanol–water partition coefficient (Wildman–Crippen LogP) is 3.11. The molecule has 1 aromatic carbocycles. The summed E-state index contributed by atoms with van der Waals surface area (Å²) in [5, 5.41) is 11.0. The molecule has 1 atom stereocenters. The fraction of sp³-hybridized carbons (Fsp3) is 0.250. The van der Waals surface area contributed by atoms with Crippen LogP contribution in [0, 0.1) is 11.6 Å². The minimum absolute atomic E-state index is 0.130. The van der Waals surface area contributed by atoms with E-state index in [1.807, 2.05) is 0 Å². The number of aliphatic carboxylic acids is 1. The van der Waals surface area contributed by atoms with E-state index in [2.05, 4.69) is 21.2 Å². The minimum Gasteiger partial charge on any atom is -0.481 e. The first-order chi connectivity index (χ1) is 11.8. The number of allylic oxidation sites excluding steroid dienone is 2. The van der Waals surface area contributed by atoms with Crippen LogP contribution in [0.5, 0.6) is 5.75 Å². The second-order valence-electron chi connectivity index (χ2n) is 5.14. The van der Waals surface area contributed by atoms with Crippen LogP contribution in [0.4, 0.5) is 13.2 Å². The van der Waals surface area contributed by atoms with Crippen LogP contribution in [0.25, 0.3) is 0 Å². The van der Waals surface area contributed by atoms with Crippen molar-refractivity contribution in [2.24, 2.45) is 0 Å². The van der Waals surface area contributed by atoms with Gasteiger partial charge in [0.15, 0.2) is 18.2 Å². The van der Waals surface area contributed by atoms with Gasteiger partial charge in [0.1, 0.15) is 11.6 Å². The van der Waals surface area contributed by atoms with Crippen LogP contribution in [0.3, 0.4) is 0 Å². The van der Waals surface area contributed by atoms with Crippen LogP contribution in [0.2, 0.25) is 0 Å². The Hall–Kier alpha value is -2.29. The molecule has 1 aromatic rings. The minimum atomic E-state index is -1.35. The van der Waals surface area contributed by atoms with Crippen molar-refractivity contribution < 1.29 is 32.6 Å². The molecule has 25 heavy (non-hydrogen) atoms. The first-order valence-corrected chi connectivity index (χ1v) is 8.01. The number of nitrogens with one attached hydrogen (secondary N) is 1. The largest absolute Gasteiger partial charge is 0.481 e. The molecule has 0 saturated heterocycles. The summed E-state index contributed by atoms with van der Waals surface area (Å²) in [6.45, 7) is -1.00. The summed E-state index contributed by atoms with van der Waals surface area (Å²) in [7, 11) is 0. The van der Waals surface area contributed by atoms with Gasteiger partial charge in [0.2, 0.25) is 0 Å². The SMILES string of the molecule is O=C(O)COc1cc(F)c(F)cc1C(=O)NCC1=C(F)CC(Br)C=C1. The van der Waals surface area contributed by atoms with E-state index in [4.69, 9.17) is 9.84 Å². The number of carbonyl (C=O) groups is 2. The Bertz CT molecular complexity index is 764. The van der Waals surface area contributed by atoms with Gasteiger partial charge < -0.3 is 15.2 Å². The number of alkyl halides is 1. The number of hydrogen-bond acceptors (Lipinski definition) is 3. The summed E-state index contributed by atoms with van der Waals surface area (Å²) in [6, 6.07) is 1.18. The van der Waals surface area contributed by atoms with Crippen molar-refractivity contribution in [1.82, 2.24) is 5.32 Å². The maximum absolute atomic E-state index is 13.8. The van der Waals surface area contributed by atoms with E-state index in [0.29, 0.717) is 12.1 Å².